The average Bonchev–Trinajstić information content (AvgIpc) is 2.81. The maximum atomic E-state index is 13.0. The smallest absolute Gasteiger partial charge is 0.261 e. The van der Waals surface area contributed by atoms with Gasteiger partial charge in [0.25, 0.3) is 5.91 Å². The number of carbonyl (C=O) groups excluding carboxylic acids is 1. The third-order valence-electron chi connectivity index (χ3n) is 5.42. The minimum atomic E-state index is -3.87. The number of nitrogens with one attached hydrogen (secondary N) is 1. The van der Waals surface area contributed by atoms with Crippen LogP contribution in [0.2, 0.25) is 5.02 Å². The van der Waals surface area contributed by atoms with E-state index < -0.39 is 21.4 Å². The Morgan fingerprint density at radius 1 is 1.21 bits per heavy atom. The summed E-state index contributed by atoms with van der Waals surface area (Å²) < 4.78 is 34.3. The Morgan fingerprint density at radius 3 is 2.64 bits per heavy atom. The summed E-state index contributed by atoms with van der Waals surface area (Å²) in [4.78, 5) is 30.3. The molecule has 1 fully saturated rings. The second-order valence-corrected chi connectivity index (χ2v) is 9.91. The highest BCUT2D eigenvalue weighted by Crippen LogP contribution is 2.28. The van der Waals surface area contributed by atoms with Gasteiger partial charge in [0.05, 0.1) is 23.6 Å². The van der Waals surface area contributed by atoms with Crippen molar-refractivity contribution in [2.75, 3.05) is 31.6 Å². The molecule has 4 rings (SSSR count). The third-order valence-corrected chi connectivity index (χ3v) is 7.80. The van der Waals surface area contributed by atoms with Crippen molar-refractivity contribution in [2.24, 2.45) is 0 Å². The number of amides is 1. The van der Waals surface area contributed by atoms with Crippen LogP contribution < -0.4 is 10.7 Å². The molecule has 0 atom stereocenters. The number of hydrogen-bond acceptors (Lipinski definition) is 6. The van der Waals surface area contributed by atoms with Crippen LogP contribution >= 0.6 is 11.6 Å². The summed E-state index contributed by atoms with van der Waals surface area (Å²) in [5.74, 6) is -0.651. The van der Waals surface area contributed by atoms with Crippen molar-refractivity contribution in [1.29, 1.82) is 0 Å². The topological polar surface area (TPSA) is 111 Å². The molecule has 2 aromatic heterocycles. The fourth-order valence-corrected chi connectivity index (χ4v) is 5.57. The SMILES string of the molecule is CCn1cc(C(=O)Nc2ccc(Cl)c(S(=O)(=O)N3CCOCC3)c2)c(=O)c2ccc(C)nc21. The van der Waals surface area contributed by atoms with E-state index in [2.05, 4.69) is 10.3 Å². The quantitative estimate of drug-likeness (QED) is 0.588. The minimum Gasteiger partial charge on any atom is -0.379 e. The number of morpholine rings is 1. The van der Waals surface area contributed by atoms with Gasteiger partial charge in [-0.05, 0) is 44.2 Å². The number of ether oxygens (including phenoxy) is 1. The van der Waals surface area contributed by atoms with Gasteiger partial charge in [-0.3, -0.25) is 9.59 Å². The molecule has 1 aromatic carbocycles. The largest absolute Gasteiger partial charge is 0.379 e. The molecule has 174 valence electrons. The molecule has 0 aliphatic carbocycles. The summed E-state index contributed by atoms with van der Waals surface area (Å²) in [6.07, 6.45) is 1.47. The number of rotatable bonds is 5. The Morgan fingerprint density at radius 2 is 1.94 bits per heavy atom. The van der Waals surface area contributed by atoms with Gasteiger partial charge in [0, 0.05) is 37.2 Å². The molecule has 1 aliphatic heterocycles. The van der Waals surface area contributed by atoms with E-state index in [1.807, 2.05) is 13.8 Å². The molecule has 0 bridgehead atoms. The Balaban J connectivity index is 1.69. The highest BCUT2D eigenvalue weighted by Gasteiger charge is 2.29. The Kier molecular flexibility index (Phi) is 6.53. The van der Waals surface area contributed by atoms with Crippen molar-refractivity contribution in [2.45, 2.75) is 25.3 Å². The molecule has 11 heteroatoms. The number of hydrogen-bond donors (Lipinski definition) is 1. The van der Waals surface area contributed by atoms with Crippen LogP contribution in [0.1, 0.15) is 23.0 Å². The number of aryl methyl sites for hydroxylation is 2. The summed E-state index contributed by atoms with van der Waals surface area (Å²) in [7, 11) is -3.87. The molecule has 0 spiro atoms. The monoisotopic (exact) mass is 490 g/mol. The lowest BCUT2D eigenvalue weighted by atomic mass is 10.1. The normalized spacial score (nSPS) is 15.0. The highest BCUT2D eigenvalue weighted by molar-refractivity contribution is 7.89. The van der Waals surface area contributed by atoms with Gasteiger partial charge >= 0.3 is 0 Å². The number of sulfonamides is 1. The summed E-state index contributed by atoms with van der Waals surface area (Å²) in [5, 5.41) is 3.01. The van der Waals surface area contributed by atoms with Gasteiger partial charge in [0.2, 0.25) is 15.5 Å². The van der Waals surface area contributed by atoms with Crippen LogP contribution in [0.3, 0.4) is 0 Å². The number of pyridine rings is 2. The second-order valence-electron chi connectivity index (χ2n) is 7.60. The molecule has 3 aromatic rings. The second kappa shape index (κ2) is 9.22. The predicted molar refractivity (Wildman–Crippen MR) is 125 cm³/mol. The predicted octanol–water partition coefficient (Wildman–Crippen LogP) is 2.65. The van der Waals surface area contributed by atoms with Gasteiger partial charge < -0.3 is 14.6 Å². The zero-order valence-corrected chi connectivity index (χ0v) is 19.7. The van der Waals surface area contributed by atoms with E-state index in [0.717, 1.165) is 5.69 Å². The van der Waals surface area contributed by atoms with Crippen LogP contribution in [0.15, 0.2) is 46.2 Å². The fourth-order valence-electron chi connectivity index (χ4n) is 3.67. The standard InChI is InChI=1S/C22H23ClN4O5S/c1-3-26-13-17(20(28)16-6-4-14(2)24-21(16)26)22(29)25-15-5-7-18(23)19(12-15)33(30,31)27-8-10-32-11-9-27/h4-7,12-13H,3,8-11H2,1-2H3,(H,25,29). The zero-order chi connectivity index (χ0) is 23.8. The molecule has 1 N–H and O–H groups in total. The van der Waals surface area contributed by atoms with Crippen LogP contribution in [-0.4, -0.2) is 54.5 Å². The van der Waals surface area contributed by atoms with E-state index in [0.29, 0.717) is 30.8 Å². The van der Waals surface area contributed by atoms with Crippen LogP contribution in [0.25, 0.3) is 11.0 Å². The van der Waals surface area contributed by atoms with Crippen LogP contribution in [0.4, 0.5) is 5.69 Å². The number of carbonyl (C=O) groups is 1. The lowest BCUT2D eigenvalue weighted by Gasteiger charge is -2.26. The van der Waals surface area contributed by atoms with Crippen molar-refractivity contribution in [1.82, 2.24) is 13.9 Å². The van der Waals surface area contributed by atoms with Gasteiger partial charge in [-0.1, -0.05) is 11.6 Å². The summed E-state index contributed by atoms with van der Waals surface area (Å²) in [6, 6.07) is 7.56. The lowest BCUT2D eigenvalue weighted by Crippen LogP contribution is -2.40. The third kappa shape index (κ3) is 4.51. The van der Waals surface area contributed by atoms with Gasteiger partial charge in [-0.2, -0.15) is 4.31 Å². The molecule has 1 aliphatic rings. The molecule has 1 amide bonds. The van der Waals surface area contributed by atoms with E-state index in [-0.39, 0.29) is 34.3 Å². The molecule has 0 unspecified atom stereocenters. The van der Waals surface area contributed by atoms with E-state index in [1.54, 1.807) is 16.7 Å². The molecule has 1 saturated heterocycles. The van der Waals surface area contributed by atoms with Gasteiger partial charge in [0.15, 0.2) is 0 Å². The molecular weight excluding hydrogens is 468 g/mol. The van der Waals surface area contributed by atoms with Crippen LogP contribution in [0, 0.1) is 6.92 Å². The van der Waals surface area contributed by atoms with Crippen molar-refractivity contribution >= 4 is 44.3 Å². The maximum absolute atomic E-state index is 13.0. The molecule has 33 heavy (non-hydrogen) atoms. The zero-order valence-electron chi connectivity index (χ0n) is 18.2. The summed E-state index contributed by atoms with van der Waals surface area (Å²) in [5.41, 5.74) is 0.957. The Labute approximate surface area is 196 Å². The van der Waals surface area contributed by atoms with E-state index in [4.69, 9.17) is 16.3 Å². The van der Waals surface area contributed by atoms with E-state index in [9.17, 15) is 18.0 Å². The molecular formula is C22H23ClN4O5S. The van der Waals surface area contributed by atoms with Crippen LogP contribution in [0.5, 0.6) is 0 Å². The van der Waals surface area contributed by atoms with Crippen molar-refractivity contribution < 1.29 is 17.9 Å². The first-order valence-electron chi connectivity index (χ1n) is 10.4. The van der Waals surface area contributed by atoms with Gasteiger partial charge in [-0.25, -0.2) is 13.4 Å². The first kappa shape index (κ1) is 23.4. The number of benzene rings is 1. The number of anilines is 1. The first-order chi connectivity index (χ1) is 15.7. The Hall–Kier alpha value is -2.79. The number of fused-ring (bicyclic) bond motifs is 1. The van der Waals surface area contributed by atoms with Crippen molar-refractivity contribution in [3.05, 3.63) is 63.0 Å². The minimum absolute atomic E-state index is 0.0416. The Bertz CT molecular complexity index is 1400. The lowest BCUT2D eigenvalue weighted by molar-refractivity contribution is 0.0730. The summed E-state index contributed by atoms with van der Waals surface area (Å²) in [6.45, 7) is 5.26. The van der Waals surface area contributed by atoms with Crippen molar-refractivity contribution in [3.63, 3.8) is 0 Å². The van der Waals surface area contributed by atoms with E-state index >= 15 is 0 Å². The van der Waals surface area contributed by atoms with Gasteiger partial charge in [-0.15, -0.1) is 0 Å². The average molecular weight is 491 g/mol. The molecule has 0 radical (unpaired) electrons. The van der Waals surface area contributed by atoms with Crippen molar-refractivity contribution in [3.8, 4) is 0 Å². The fraction of sp³-hybridized carbons (Fsp3) is 0.318. The number of nitrogens with zero attached hydrogens (tertiary/aromatic N) is 3. The molecule has 3 heterocycles. The summed E-state index contributed by atoms with van der Waals surface area (Å²) >= 11 is 6.19. The van der Waals surface area contributed by atoms with Crippen LogP contribution in [-0.2, 0) is 21.3 Å². The number of halogens is 1. The van der Waals surface area contributed by atoms with Gasteiger partial charge in [0.1, 0.15) is 16.1 Å². The molecule has 0 saturated carbocycles. The highest BCUT2D eigenvalue weighted by atomic mass is 35.5. The molecule has 9 nitrogen and oxygen atoms in total. The first-order valence-corrected chi connectivity index (χ1v) is 12.2. The maximum Gasteiger partial charge on any atom is 0.261 e. The van der Waals surface area contributed by atoms with E-state index in [1.165, 1.54) is 28.7 Å². The number of aromatic nitrogens is 2.